The molecule has 3 heterocycles. The van der Waals surface area contributed by atoms with E-state index in [1.165, 1.54) is 0 Å². The predicted octanol–water partition coefficient (Wildman–Crippen LogP) is 2.07. The zero-order valence-corrected chi connectivity index (χ0v) is 15.0. The fourth-order valence-electron chi connectivity index (χ4n) is 2.88. The molecule has 0 saturated carbocycles. The third kappa shape index (κ3) is 3.57. The van der Waals surface area contributed by atoms with Gasteiger partial charge in [-0.1, -0.05) is 17.7 Å². The number of nitrogens with one attached hydrogen (secondary N) is 2. The third-order valence-corrected chi connectivity index (χ3v) is 5.98. The van der Waals surface area contributed by atoms with Crippen LogP contribution in [-0.4, -0.2) is 45.9 Å². The van der Waals surface area contributed by atoms with Gasteiger partial charge in [-0.25, -0.2) is 18.4 Å². The van der Waals surface area contributed by atoms with E-state index in [0.29, 0.717) is 29.4 Å². The average molecular weight is 370 g/mol. The van der Waals surface area contributed by atoms with Gasteiger partial charge in [-0.3, -0.25) is 0 Å². The van der Waals surface area contributed by atoms with E-state index in [0.717, 1.165) is 11.3 Å². The van der Waals surface area contributed by atoms with Crippen LogP contribution >= 0.6 is 0 Å². The molecule has 26 heavy (non-hydrogen) atoms. The summed E-state index contributed by atoms with van der Waals surface area (Å²) in [5.74, 6) is 1.15. The first-order chi connectivity index (χ1) is 12.5. The first-order valence-electron chi connectivity index (χ1n) is 8.28. The second-order valence-electron chi connectivity index (χ2n) is 6.36. The molecule has 9 heteroatoms. The Bertz CT molecular complexity index is 1050. The molecule has 2 N–H and O–H groups in total. The molecule has 2 aromatic heterocycles. The van der Waals surface area contributed by atoms with Crippen molar-refractivity contribution in [2.45, 2.75) is 19.4 Å². The molecule has 8 nitrogen and oxygen atoms in total. The number of benzene rings is 1. The van der Waals surface area contributed by atoms with Gasteiger partial charge in [-0.2, -0.15) is 9.97 Å². The lowest BCUT2D eigenvalue weighted by Crippen LogP contribution is -2.22. The van der Waals surface area contributed by atoms with Crippen LogP contribution in [0.25, 0.3) is 11.2 Å². The summed E-state index contributed by atoms with van der Waals surface area (Å²) in [4.78, 5) is 17.4. The van der Waals surface area contributed by atoms with Gasteiger partial charge in [-0.05, 0) is 25.5 Å². The quantitative estimate of drug-likeness (QED) is 0.718. The van der Waals surface area contributed by atoms with E-state index in [1.54, 1.807) is 12.4 Å². The summed E-state index contributed by atoms with van der Waals surface area (Å²) in [5.41, 5.74) is 3.03. The van der Waals surface area contributed by atoms with Crippen LogP contribution in [0, 0.1) is 6.92 Å². The highest BCUT2D eigenvalue weighted by Crippen LogP contribution is 2.24. The van der Waals surface area contributed by atoms with E-state index in [4.69, 9.17) is 0 Å². The van der Waals surface area contributed by atoms with Crippen LogP contribution in [0.1, 0.15) is 12.0 Å². The van der Waals surface area contributed by atoms with Crippen molar-refractivity contribution >= 4 is 38.5 Å². The molecule has 1 aromatic carbocycles. The van der Waals surface area contributed by atoms with Gasteiger partial charge in [0, 0.05) is 24.1 Å². The number of hydrogen-bond acceptors (Lipinski definition) is 8. The van der Waals surface area contributed by atoms with E-state index in [9.17, 15) is 8.42 Å². The number of hydrogen-bond donors (Lipinski definition) is 2. The molecule has 1 saturated heterocycles. The summed E-state index contributed by atoms with van der Waals surface area (Å²) < 4.78 is 23.3. The minimum absolute atomic E-state index is 0.0928. The highest BCUT2D eigenvalue weighted by atomic mass is 32.2. The van der Waals surface area contributed by atoms with Crippen molar-refractivity contribution in [3.63, 3.8) is 0 Å². The first kappa shape index (κ1) is 16.6. The normalized spacial score (nSPS) is 18.7. The van der Waals surface area contributed by atoms with Crippen molar-refractivity contribution in [2.24, 2.45) is 0 Å². The zero-order valence-electron chi connectivity index (χ0n) is 14.2. The van der Waals surface area contributed by atoms with Crippen molar-refractivity contribution in [2.75, 3.05) is 22.1 Å². The molecule has 3 aromatic rings. The summed E-state index contributed by atoms with van der Waals surface area (Å²) >= 11 is 0. The fourth-order valence-corrected chi connectivity index (χ4v) is 4.55. The van der Waals surface area contributed by atoms with E-state index in [-0.39, 0.29) is 17.5 Å². The number of rotatable bonds is 4. The molecule has 0 spiro atoms. The first-order valence-corrected chi connectivity index (χ1v) is 10.1. The molecule has 0 radical (unpaired) electrons. The second-order valence-corrected chi connectivity index (χ2v) is 8.59. The molecule has 1 aliphatic heterocycles. The van der Waals surface area contributed by atoms with Gasteiger partial charge in [-0.15, -0.1) is 0 Å². The number of aryl methyl sites for hydroxylation is 1. The SMILES string of the molecule is Cc1ccc(Nc2nc(N[C@@H]3CCS(=O)(=O)C3)nc3nccnc23)cc1. The maximum Gasteiger partial charge on any atom is 0.227 e. The Kier molecular flexibility index (Phi) is 4.15. The minimum atomic E-state index is -2.98. The minimum Gasteiger partial charge on any atom is -0.350 e. The van der Waals surface area contributed by atoms with Gasteiger partial charge in [0.2, 0.25) is 5.95 Å². The summed E-state index contributed by atoms with van der Waals surface area (Å²) in [6.45, 7) is 2.02. The molecule has 1 aliphatic rings. The Morgan fingerprint density at radius 1 is 1.08 bits per heavy atom. The maximum atomic E-state index is 11.7. The van der Waals surface area contributed by atoms with Crippen LogP contribution < -0.4 is 10.6 Å². The van der Waals surface area contributed by atoms with Crippen LogP contribution in [0.5, 0.6) is 0 Å². The van der Waals surface area contributed by atoms with Crippen LogP contribution in [-0.2, 0) is 9.84 Å². The third-order valence-electron chi connectivity index (χ3n) is 4.21. The van der Waals surface area contributed by atoms with Crippen LogP contribution in [0.15, 0.2) is 36.7 Å². The Balaban J connectivity index is 1.67. The molecule has 4 rings (SSSR count). The van der Waals surface area contributed by atoms with E-state index in [1.807, 2.05) is 31.2 Å². The van der Waals surface area contributed by atoms with E-state index < -0.39 is 9.84 Å². The lowest BCUT2D eigenvalue weighted by atomic mass is 10.2. The Hall–Kier alpha value is -2.81. The molecule has 0 unspecified atom stereocenters. The lowest BCUT2D eigenvalue weighted by molar-refractivity contribution is 0.602. The Morgan fingerprint density at radius 2 is 1.85 bits per heavy atom. The molecule has 0 aliphatic carbocycles. The molecule has 1 atom stereocenters. The number of fused-ring (bicyclic) bond motifs is 1. The number of anilines is 3. The van der Waals surface area contributed by atoms with Crippen LogP contribution in [0.3, 0.4) is 0 Å². The van der Waals surface area contributed by atoms with Crippen LogP contribution in [0.4, 0.5) is 17.5 Å². The highest BCUT2D eigenvalue weighted by molar-refractivity contribution is 7.91. The van der Waals surface area contributed by atoms with Crippen molar-refractivity contribution in [3.05, 3.63) is 42.2 Å². The summed E-state index contributed by atoms with van der Waals surface area (Å²) in [5, 5.41) is 6.36. The maximum absolute atomic E-state index is 11.7. The Labute approximate surface area is 151 Å². The highest BCUT2D eigenvalue weighted by Gasteiger charge is 2.28. The summed E-state index contributed by atoms with van der Waals surface area (Å²) in [6, 6.07) is 7.72. The topological polar surface area (TPSA) is 110 Å². The molecular formula is C17H18N6O2S. The standard InChI is InChI=1S/C17H18N6O2S/c1-11-2-4-12(5-3-11)20-16-14-15(19-8-7-18-14)22-17(23-16)21-13-6-9-26(24,25)10-13/h2-5,7-8,13H,6,9-10H2,1H3,(H2,19,20,21,22,23)/t13-/m1/s1. The van der Waals surface area contributed by atoms with E-state index >= 15 is 0 Å². The van der Waals surface area contributed by atoms with E-state index in [2.05, 4.69) is 30.6 Å². The van der Waals surface area contributed by atoms with Gasteiger partial charge in [0.05, 0.1) is 11.5 Å². The van der Waals surface area contributed by atoms with Crippen molar-refractivity contribution in [1.29, 1.82) is 0 Å². The smallest absolute Gasteiger partial charge is 0.227 e. The number of nitrogens with zero attached hydrogens (tertiary/aromatic N) is 4. The zero-order chi connectivity index (χ0) is 18.1. The van der Waals surface area contributed by atoms with Gasteiger partial charge < -0.3 is 10.6 Å². The van der Waals surface area contributed by atoms with Gasteiger partial charge in [0.1, 0.15) is 0 Å². The van der Waals surface area contributed by atoms with Crippen molar-refractivity contribution in [3.8, 4) is 0 Å². The van der Waals surface area contributed by atoms with Gasteiger partial charge in [0.15, 0.2) is 26.8 Å². The van der Waals surface area contributed by atoms with Crippen molar-refractivity contribution in [1.82, 2.24) is 19.9 Å². The predicted molar refractivity (Wildman–Crippen MR) is 100 cm³/mol. The molecule has 0 amide bonds. The number of sulfone groups is 1. The van der Waals surface area contributed by atoms with Crippen LogP contribution in [0.2, 0.25) is 0 Å². The monoisotopic (exact) mass is 370 g/mol. The summed E-state index contributed by atoms with van der Waals surface area (Å²) in [7, 11) is -2.98. The number of aromatic nitrogens is 4. The largest absolute Gasteiger partial charge is 0.350 e. The molecule has 0 bridgehead atoms. The van der Waals surface area contributed by atoms with Gasteiger partial charge in [0.25, 0.3) is 0 Å². The Morgan fingerprint density at radius 3 is 2.58 bits per heavy atom. The van der Waals surface area contributed by atoms with Crippen molar-refractivity contribution < 1.29 is 8.42 Å². The summed E-state index contributed by atoms with van der Waals surface area (Å²) in [6.07, 6.45) is 3.70. The molecular weight excluding hydrogens is 352 g/mol. The second kappa shape index (κ2) is 6.49. The fraction of sp³-hybridized carbons (Fsp3) is 0.294. The average Bonchev–Trinajstić information content (AvgIpc) is 2.95. The molecule has 134 valence electrons. The molecule has 1 fully saturated rings. The lowest BCUT2D eigenvalue weighted by Gasteiger charge is -2.13. The van der Waals surface area contributed by atoms with Gasteiger partial charge >= 0.3 is 0 Å².